The second kappa shape index (κ2) is 8.00. The predicted octanol–water partition coefficient (Wildman–Crippen LogP) is 3.39. The Bertz CT molecular complexity index is 503. The Balaban J connectivity index is 3.17. The second-order valence-corrected chi connectivity index (χ2v) is 5.82. The zero-order chi connectivity index (χ0) is 15.0. The molecular weight excluding hydrogens is 277 g/mol. The highest BCUT2D eigenvalue weighted by atomic mass is 31.2. The number of rotatable bonds is 7. The van der Waals surface area contributed by atoms with Gasteiger partial charge in [0.25, 0.3) is 0 Å². The van der Waals surface area contributed by atoms with Gasteiger partial charge in [0.05, 0.1) is 24.7 Å². The molecule has 110 valence electrons. The molecule has 20 heavy (non-hydrogen) atoms. The molecule has 5 nitrogen and oxygen atoms in total. The van der Waals surface area contributed by atoms with Gasteiger partial charge in [0.1, 0.15) is 0 Å². The van der Waals surface area contributed by atoms with Crippen LogP contribution in [0.15, 0.2) is 36.1 Å². The normalized spacial score (nSPS) is 12.2. The third-order valence-corrected chi connectivity index (χ3v) is 4.11. The molecule has 0 radical (unpaired) electrons. The third kappa shape index (κ3) is 5.29. The summed E-state index contributed by atoms with van der Waals surface area (Å²) in [5.41, 5.74) is 1.16. The van der Waals surface area contributed by atoms with Gasteiger partial charge in [-0.1, -0.05) is 30.3 Å². The van der Waals surface area contributed by atoms with E-state index < -0.39 is 7.60 Å². The van der Waals surface area contributed by atoms with Gasteiger partial charge in [0.15, 0.2) is 0 Å². The van der Waals surface area contributed by atoms with Crippen molar-refractivity contribution in [3.8, 4) is 0 Å². The highest BCUT2D eigenvalue weighted by Crippen LogP contribution is 2.51. The lowest BCUT2D eigenvalue weighted by Gasteiger charge is -2.16. The highest BCUT2D eigenvalue weighted by molar-refractivity contribution is 7.57. The maximum atomic E-state index is 12.5. The second-order valence-electron chi connectivity index (χ2n) is 3.97. The van der Waals surface area contributed by atoms with Crippen LogP contribution in [0.4, 0.5) is 0 Å². The standard InChI is InChI=1S/C14H20NO4P/c1-4-18-20(17,19-5-2)11-14(15-12(3)16)13-9-7-6-8-10-13/h6-11H,4-5H2,1-3H3,(H,15,16)/b14-11-. The maximum Gasteiger partial charge on any atom is 0.356 e. The van der Waals surface area contributed by atoms with E-state index in [-0.39, 0.29) is 19.1 Å². The average molecular weight is 297 g/mol. The minimum Gasteiger partial charge on any atom is -0.325 e. The van der Waals surface area contributed by atoms with Gasteiger partial charge >= 0.3 is 7.60 Å². The summed E-state index contributed by atoms with van der Waals surface area (Å²) in [6.45, 7) is 5.38. The summed E-state index contributed by atoms with van der Waals surface area (Å²) in [5, 5.41) is 2.66. The molecule has 0 aliphatic heterocycles. The highest BCUT2D eigenvalue weighted by Gasteiger charge is 2.22. The average Bonchev–Trinajstić information content (AvgIpc) is 2.39. The predicted molar refractivity (Wildman–Crippen MR) is 79.1 cm³/mol. The fraction of sp³-hybridized carbons (Fsp3) is 0.357. The van der Waals surface area contributed by atoms with Gasteiger partial charge in [-0.3, -0.25) is 9.36 Å². The summed E-state index contributed by atoms with van der Waals surface area (Å²) in [4.78, 5) is 11.3. The Morgan fingerprint density at radius 2 is 1.75 bits per heavy atom. The number of hydrogen-bond donors (Lipinski definition) is 1. The van der Waals surface area contributed by atoms with E-state index in [9.17, 15) is 9.36 Å². The van der Waals surface area contributed by atoms with E-state index in [0.29, 0.717) is 5.70 Å². The molecule has 0 aromatic heterocycles. The summed E-state index contributed by atoms with van der Waals surface area (Å²) in [7, 11) is -3.37. The van der Waals surface area contributed by atoms with Crippen LogP contribution in [-0.2, 0) is 18.4 Å². The Labute approximate surface area is 119 Å². The minimum absolute atomic E-state index is 0.250. The van der Waals surface area contributed by atoms with Crippen molar-refractivity contribution in [2.24, 2.45) is 0 Å². The van der Waals surface area contributed by atoms with Gasteiger partial charge in [-0.05, 0) is 19.4 Å². The van der Waals surface area contributed by atoms with Crippen LogP contribution in [0.5, 0.6) is 0 Å². The van der Waals surface area contributed by atoms with Crippen molar-refractivity contribution in [1.82, 2.24) is 5.32 Å². The van der Waals surface area contributed by atoms with Crippen molar-refractivity contribution < 1.29 is 18.4 Å². The lowest BCUT2D eigenvalue weighted by molar-refractivity contribution is -0.117. The lowest BCUT2D eigenvalue weighted by Crippen LogP contribution is -2.18. The lowest BCUT2D eigenvalue weighted by atomic mass is 10.2. The van der Waals surface area contributed by atoms with Crippen LogP contribution in [0.1, 0.15) is 26.3 Å². The van der Waals surface area contributed by atoms with Gasteiger partial charge in [-0.2, -0.15) is 0 Å². The minimum atomic E-state index is -3.37. The van der Waals surface area contributed by atoms with E-state index in [1.54, 1.807) is 13.8 Å². The van der Waals surface area contributed by atoms with Crippen LogP contribution in [-0.4, -0.2) is 19.1 Å². The number of benzene rings is 1. The molecule has 0 spiro atoms. The molecule has 1 amide bonds. The summed E-state index contributed by atoms with van der Waals surface area (Å²) < 4.78 is 22.9. The SMILES string of the molecule is CCOP(=O)(/C=C(\NC(C)=O)c1ccccc1)OCC. The molecule has 0 aliphatic carbocycles. The molecule has 0 bridgehead atoms. The first kappa shape index (κ1) is 16.6. The molecule has 0 aliphatic rings. The molecule has 0 unspecified atom stereocenters. The molecule has 0 atom stereocenters. The molecule has 0 saturated heterocycles. The van der Waals surface area contributed by atoms with Crippen LogP contribution in [0.25, 0.3) is 5.70 Å². The third-order valence-electron chi connectivity index (χ3n) is 2.30. The fourth-order valence-corrected chi connectivity index (χ4v) is 3.09. The topological polar surface area (TPSA) is 64.6 Å². The van der Waals surface area contributed by atoms with Crippen molar-refractivity contribution in [2.45, 2.75) is 20.8 Å². The monoisotopic (exact) mass is 297 g/mol. The molecule has 1 N–H and O–H groups in total. The zero-order valence-electron chi connectivity index (χ0n) is 12.0. The van der Waals surface area contributed by atoms with Gasteiger partial charge in [-0.25, -0.2) is 0 Å². The number of carbonyl (C=O) groups excluding carboxylic acids is 1. The quantitative estimate of drug-likeness (QED) is 0.783. The van der Waals surface area contributed by atoms with E-state index in [0.717, 1.165) is 5.56 Å². The van der Waals surface area contributed by atoms with Crippen LogP contribution in [0.2, 0.25) is 0 Å². The number of nitrogens with one attached hydrogen (secondary N) is 1. The number of carbonyl (C=O) groups is 1. The zero-order valence-corrected chi connectivity index (χ0v) is 12.9. The van der Waals surface area contributed by atoms with Crippen molar-refractivity contribution in [3.63, 3.8) is 0 Å². The number of amides is 1. The Morgan fingerprint density at radius 1 is 1.20 bits per heavy atom. The summed E-state index contributed by atoms with van der Waals surface area (Å²) in [6, 6.07) is 9.14. The molecule has 0 heterocycles. The smallest absolute Gasteiger partial charge is 0.325 e. The fourth-order valence-electron chi connectivity index (χ4n) is 1.62. The van der Waals surface area contributed by atoms with Crippen molar-refractivity contribution >= 4 is 19.2 Å². The maximum absolute atomic E-state index is 12.5. The van der Waals surface area contributed by atoms with Gasteiger partial charge in [0, 0.05) is 6.92 Å². The Kier molecular flexibility index (Phi) is 6.65. The molecule has 1 rings (SSSR count). The van der Waals surface area contributed by atoms with Crippen LogP contribution < -0.4 is 5.32 Å². The van der Waals surface area contributed by atoms with E-state index in [2.05, 4.69) is 5.32 Å². The van der Waals surface area contributed by atoms with Crippen LogP contribution in [0, 0.1) is 0 Å². The summed E-state index contributed by atoms with van der Waals surface area (Å²) in [5.74, 6) is 1.11. The van der Waals surface area contributed by atoms with Crippen molar-refractivity contribution in [3.05, 3.63) is 41.7 Å². The largest absolute Gasteiger partial charge is 0.356 e. The van der Waals surface area contributed by atoms with Crippen LogP contribution in [0.3, 0.4) is 0 Å². The summed E-state index contributed by atoms with van der Waals surface area (Å²) >= 11 is 0. The first-order chi connectivity index (χ1) is 9.50. The van der Waals surface area contributed by atoms with Crippen LogP contribution >= 0.6 is 7.60 Å². The van der Waals surface area contributed by atoms with Crippen molar-refractivity contribution in [2.75, 3.05) is 13.2 Å². The molecule has 1 aromatic carbocycles. The van der Waals surface area contributed by atoms with Gasteiger partial charge in [0.2, 0.25) is 5.91 Å². The summed E-state index contributed by atoms with van der Waals surface area (Å²) in [6.07, 6.45) is 0. The Morgan fingerprint density at radius 3 is 2.20 bits per heavy atom. The molecule has 0 saturated carbocycles. The van der Waals surface area contributed by atoms with Gasteiger partial charge < -0.3 is 14.4 Å². The Hall–Kier alpha value is -1.42. The molecule has 0 fully saturated rings. The molecule has 1 aromatic rings. The number of hydrogen-bond acceptors (Lipinski definition) is 4. The van der Waals surface area contributed by atoms with E-state index in [1.807, 2.05) is 30.3 Å². The first-order valence-electron chi connectivity index (χ1n) is 6.45. The van der Waals surface area contributed by atoms with Crippen molar-refractivity contribution in [1.29, 1.82) is 0 Å². The molecular formula is C14H20NO4P. The van der Waals surface area contributed by atoms with E-state index in [1.165, 1.54) is 12.7 Å². The molecule has 6 heteroatoms. The van der Waals surface area contributed by atoms with E-state index >= 15 is 0 Å². The van der Waals surface area contributed by atoms with E-state index in [4.69, 9.17) is 9.05 Å². The first-order valence-corrected chi connectivity index (χ1v) is 8.06. The van der Waals surface area contributed by atoms with Gasteiger partial charge in [-0.15, -0.1) is 0 Å².